The number of hydrogen-bond acceptors (Lipinski definition) is 4. The van der Waals surface area contributed by atoms with Crippen molar-refractivity contribution in [3.8, 4) is 5.88 Å². The molecule has 11 heavy (non-hydrogen) atoms. The second-order valence-electron chi connectivity index (χ2n) is 2.15. The molecule has 0 saturated heterocycles. The zero-order chi connectivity index (χ0) is 8.27. The Morgan fingerprint density at radius 1 is 1.64 bits per heavy atom. The van der Waals surface area contributed by atoms with Crippen molar-refractivity contribution in [1.82, 2.24) is 9.97 Å². The quantitative estimate of drug-likeness (QED) is 0.661. The predicted octanol–water partition coefficient (Wildman–Crippen LogP) is 0.252. The summed E-state index contributed by atoms with van der Waals surface area (Å²) in [5.41, 5.74) is 7.04. The Morgan fingerprint density at radius 3 is 2.82 bits per heavy atom. The van der Waals surface area contributed by atoms with Crippen LogP contribution < -0.4 is 10.5 Å². The van der Waals surface area contributed by atoms with Crippen LogP contribution in [0.2, 0.25) is 0 Å². The smallest absolute Gasteiger partial charge is 0.232 e. The van der Waals surface area contributed by atoms with E-state index in [1.807, 2.05) is 6.92 Å². The number of nitrogens with zero attached hydrogens (tertiary/aromatic N) is 2. The molecule has 0 aromatic carbocycles. The summed E-state index contributed by atoms with van der Waals surface area (Å²) in [7, 11) is 1.56. The molecule has 0 unspecified atom stereocenters. The summed E-state index contributed by atoms with van der Waals surface area (Å²) < 4.78 is 4.88. The first kappa shape index (κ1) is 7.94. The van der Waals surface area contributed by atoms with Crippen molar-refractivity contribution in [1.29, 1.82) is 0 Å². The van der Waals surface area contributed by atoms with Gasteiger partial charge in [-0.1, -0.05) is 0 Å². The third kappa shape index (κ3) is 1.65. The molecule has 2 N–H and O–H groups in total. The van der Waals surface area contributed by atoms with Crippen molar-refractivity contribution >= 4 is 0 Å². The van der Waals surface area contributed by atoms with Crippen molar-refractivity contribution in [2.75, 3.05) is 7.11 Å². The summed E-state index contributed by atoms with van der Waals surface area (Å²) in [6.07, 6.45) is 1.56. The maximum atomic E-state index is 5.40. The third-order valence-corrected chi connectivity index (χ3v) is 1.43. The van der Waals surface area contributed by atoms with E-state index in [1.165, 1.54) is 0 Å². The Bertz CT molecular complexity index is 249. The normalized spacial score (nSPS) is 9.73. The predicted molar refractivity (Wildman–Crippen MR) is 41.2 cm³/mol. The monoisotopic (exact) mass is 153 g/mol. The van der Waals surface area contributed by atoms with Gasteiger partial charge in [0.05, 0.1) is 24.7 Å². The minimum atomic E-state index is 0.419. The van der Waals surface area contributed by atoms with Crippen molar-refractivity contribution in [3.63, 3.8) is 0 Å². The van der Waals surface area contributed by atoms with E-state index in [-0.39, 0.29) is 0 Å². The summed E-state index contributed by atoms with van der Waals surface area (Å²) in [5.74, 6) is 0.528. The van der Waals surface area contributed by atoms with Gasteiger partial charge in [-0.3, -0.25) is 4.98 Å². The molecular formula is C7H11N3O. The average molecular weight is 153 g/mol. The van der Waals surface area contributed by atoms with Crippen LogP contribution >= 0.6 is 0 Å². The Balaban J connectivity index is 2.99. The van der Waals surface area contributed by atoms with E-state index in [9.17, 15) is 0 Å². The van der Waals surface area contributed by atoms with Gasteiger partial charge >= 0.3 is 0 Å². The van der Waals surface area contributed by atoms with Crippen molar-refractivity contribution in [3.05, 3.63) is 17.6 Å². The van der Waals surface area contributed by atoms with Crippen LogP contribution in [0.5, 0.6) is 5.88 Å². The second-order valence-corrected chi connectivity index (χ2v) is 2.15. The van der Waals surface area contributed by atoms with E-state index in [0.29, 0.717) is 12.4 Å². The lowest BCUT2D eigenvalue weighted by molar-refractivity contribution is 0.394. The lowest BCUT2D eigenvalue weighted by Crippen LogP contribution is -2.04. The standard InChI is InChI=1S/C7H11N3O/c1-5-6(3-8)9-4-7(10-5)11-2/h4H,3,8H2,1-2H3. The molecule has 4 nitrogen and oxygen atoms in total. The molecule has 0 amide bonds. The van der Waals surface area contributed by atoms with Gasteiger partial charge in [0, 0.05) is 6.54 Å². The van der Waals surface area contributed by atoms with E-state index in [1.54, 1.807) is 13.3 Å². The van der Waals surface area contributed by atoms with Gasteiger partial charge in [-0.2, -0.15) is 0 Å². The lowest BCUT2D eigenvalue weighted by atomic mass is 10.3. The summed E-state index contributed by atoms with van der Waals surface area (Å²) in [5, 5.41) is 0. The summed E-state index contributed by atoms with van der Waals surface area (Å²) in [6, 6.07) is 0. The van der Waals surface area contributed by atoms with E-state index >= 15 is 0 Å². The van der Waals surface area contributed by atoms with Gasteiger partial charge in [0.25, 0.3) is 0 Å². The van der Waals surface area contributed by atoms with Gasteiger partial charge in [-0.05, 0) is 6.92 Å². The number of ether oxygens (including phenoxy) is 1. The van der Waals surface area contributed by atoms with E-state index in [2.05, 4.69) is 9.97 Å². The summed E-state index contributed by atoms with van der Waals surface area (Å²) >= 11 is 0. The van der Waals surface area contributed by atoms with Gasteiger partial charge < -0.3 is 10.5 Å². The molecule has 0 bridgehead atoms. The average Bonchev–Trinajstić information content (AvgIpc) is 2.04. The highest BCUT2D eigenvalue weighted by Crippen LogP contribution is 2.06. The zero-order valence-corrected chi connectivity index (χ0v) is 6.66. The van der Waals surface area contributed by atoms with Crippen LogP contribution in [-0.2, 0) is 6.54 Å². The molecule has 0 aliphatic carbocycles. The molecule has 1 aromatic rings. The van der Waals surface area contributed by atoms with Crippen LogP contribution in [0.1, 0.15) is 11.4 Å². The molecule has 0 fully saturated rings. The molecule has 0 saturated carbocycles. The first-order chi connectivity index (χ1) is 5.27. The largest absolute Gasteiger partial charge is 0.480 e. The topological polar surface area (TPSA) is 61.0 Å². The molecule has 1 rings (SSSR count). The number of aryl methyl sites for hydroxylation is 1. The Kier molecular flexibility index (Phi) is 2.38. The maximum Gasteiger partial charge on any atom is 0.232 e. The van der Waals surface area contributed by atoms with Gasteiger partial charge in [0.2, 0.25) is 5.88 Å². The fraction of sp³-hybridized carbons (Fsp3) is 0.429. The molecule has 0 atom stereocenters. The Morgan fingerprint density at radius 2 is 2.36 bits per heavy atom. The molecule has 4 heteroatoms. The van der Waals surface area contributed by atoms with Crippen LogP contribution in [0.4, 0.5) is 0 Å². The SMILES string of the molecule is COc1cnc(CN)c(C)n1. The lowest BCUT2D eigenvalue weighted by Gasteiger charge is -2.02. The first-order valence-corrected chi connectivity index (χ1v) is 3.34. The highest BCUT2D eigenvalue weighted by atomic mass is 16.5. The van der Waals surface area contributed by atoms with Gasteiger partial charge in [-0.15, -0.1) is 0 Å². The number of methoxy groups -OCH3 is 1. The van der Waals surface area contributed by atoms with Gasteiger partial charge in [0.15, 0.2) is 0 Å². The van der Waals surface area contributed by atoms with Crippen LogP contribution in [-0.4, -0.2) is 17.1 Å². The van der Waals surface area contributed by atoms with Crippen LogP contribution in [0.25, 0.3) is 0 Å². The molecule has 1 heterocycles. The minimum absolute atomic E-state index is 0.419. The Hall–Kier alpha value is -1.16. The zero-order valence-electron chi connectivity index (χ0n) is 6.66. The van der Waals surface area contributed by atoms with Crippen molar-refractivity contribution in [2.45, 2.75) is 13.5 Å². The number of rotatable bonds is 2. The first-order valence-electron chi connectivity index (χ1n) is 3.34. The van der Waals surface area contributed by atoms with E-state index < -0.39 is 0 Å². The molecule has 60 valence electrons. The van der Waals surface area contributed by atoms with Crippen molar-refractivity contribution < 1.29 is 4.74 Å². The Labute approximate surface area is 65.4 Å². The van der Waals surface area contributed by atoms with Gasteiger partial charge in [-0.25, -0.2) is 4.98 Å². The fourth-order valence-corrected chi connectivity index (χ4v) is 0.784. The van der Waals surface area contributed by atoms with Crippen LogP contribution in [0, 0.1) is 6.92 Å². The molecule has 0 radical (unpaired) electrons. The number of nitrogens with two attached hydrogens (primary N) is 1. The summed E-state index contributed by atoms with van der Waals surface area (Å²) in [4.78, 5) is 8.15. The van der Waals surface area contributed by atoms with Gasteiger partial charge in [0.1, 0.15) is 0 Å². The fourth-order valence-electron chi connectivity index (χ4n) is 0.784. The van der Waals surface area contributed by atoms with Crippen LogP contribution in [0.3, 0.4) is 0 Å². The molecule has 1 aromatic heterocycles. The van der Waals surface area contributed by atoms with E-state index in [4.69, 9.17) is 10.5 Å². The molecule has 0 aliphatic rings. The maximum absolute atomic E-state index is 5.40. The number of hydrogen-bond donors (Lipinski definition) is 1. The second kappa shape index (κ2) is 3.30. The third-order valence-electron chi connectivity index (χ3n) is 1.43. The molecular weight excluding hydrogens is 142 g/mol. The minimum Gasteiger partial charge on any atom is -0.480 e. The highest BCUT2D eigenvalue weighted by Gasteiger charge is 2.00. The summed E-state index contributed by atoms with van der Waals surface area (Å²) in [6.45, 7) is 2.28. The molecule has 0 spiro atoms. The molecule has 0 aliphatic heterocycles. The number of aromatic nitrogens is 2. The van der Waals surface area contributed by atoms with Crippen LogP contribution in [0.15, 0.2) is 6.20 Å². The highest BCUT2D eigenvalue weighted by molar-refractivity contribution is 5.15. The van der Waals surface area contributed by atoms with Crippen molar-refractivity contribution in [2.24, 2.45) is 5.73 Å². The van der Waals surface area contributed by atoms with E-state index in [0.717, 1.165) is 11.4 Å².